The van der Waals surface area contributed by atoms with Gasteiger partial charge in [0.2, 0.25) is 0 Å². The SMILES string of the molecule is CCc1cc(OCC=C(Cl)Cl)cc(C)c1OCCCNc1ccc(Cl)cc1. The molecule has 0 saturated heterocycles. The van der Waals surface area contributed by atoms with E-state index >= 15 is 0 Å². The number of hydrogen-bond donors (Lipinski definition) is 1. The third kappa shape index (κ3) is 7.53. The summed E-state index contributed by atoms with van der Waals surface area (Å²) < 4.78 is 11.9. The predicted molar refractivity (Wildman–Crippen MR) is 116 cm³/mol. The highest BCUT2D eigenvalue weighted by Crippen LogP contribution is 2.30. The minimum atomic E-state index is 0.203. The second-order valence-electron chi connectivity index (χ2n) is 6.02. The molecule has 0 atom stereocenters. The Kier molecular flexibility index (Phi) is 9.12. The molecule has 0 amide bonds. The zero-order valence-electron chi connectivity index (χ0n) is 15.5. The lowest BCUT2D eigenvalue weighted by Gasteiger charge is -2.16. The van der Waals surface area contributed by atoms with Crippen LogP contribution >= 0.6 is 34.8 Å². The summed E-state index contributed by atoms with van der Waals surface area (Å²) in [7, 11) is 0. The van der Waals surface area contributed by atoms with Crippen LogP contribution in [-0.2, 0) is 6.42 Å². The van der Waals surface area contributed by atoms with Crippen molar-refractivity contribution in [1.82, 2.24) is 0 Å². The van der Waals surface area contributed by atoms with Crippen molar-refractivity contribution >= 4 is 40.5 Å². The first-order chi connectivity index (χ1) is 13.0. The Morgan fingerprint density at radius 3 is 2.52 bits per heavy atom. The normalized spacial score (nSPS) is 10.4. The minimum absolute atomic E-state index is 0.203. The van der Waals surface area contributed by atoms with E-state index in [4.69, 9.17) is 44.3 Å². The average Bonchev–Trinajstić information content (AvgIpc) is 2.63. The van der Waals surface area contributed by atoms with E-state index in [1.54, 1.807) is 6.08 Å². The Hall–Kier alpha value is -1.55. The summed E-state index contributed by atoms with van der Waals surface area (Å²) in [6, 6.07) is 11.7. The molecule has 6 heteroatoms. The highest BCUT2D eigenvalue weighted by Gasteiger charge is 2.09. The summed E-state index contributed by atoms with van der Waals surface area (Å²) in [5.41, 5.74) is 3.23. The topological polar surface area (TPSA) is 30.5 Å². The fourth-order valence-corrected chi connectivity index (χ4v) is 2.86. The number of rotatable bonds is 10. The third-order valence-electron chi connectivity index (χ3n) is 3.93. The molecule has 0 heterocycles. The molecule has 0 aliphatic carbocycles. The van der Waals surface area contributed by atoms with Crippen LogP contribution in [0.4, 0.5) is 5.69 Å². The zero-order valence-corrected chi connectivity index (χ0v) is 17.8. The van der Waals surface area contributed by atoms with Crippen LogP contribution in [0, 0.1) is 6.92 Å². The lowest BCUT2D eigenvalue weighted by atomic mass is 10.1. The molecular formula is C21H24Cl3NO2. The first-order valence-corrected chi connectivity index (χ1v) is 10.0. The van der Waals surface area contributed by atoms with Crippen LogP contribution in [-0.4, -0.2) is 19.8 Å². The smallest absolute Gasteiger partial charge is 0.125 e. The number of aryl methyl sites for hydroxylation is 2. The Morgan fingerprint density at radius 2 is 1.85 bits per heavy atom. The van der Waals surface area contributed by atoms with Gasteiger partial charge in [-0.3, -0.25) is 0 Å². The Labute approximate surface area is 176 Å². The van der Waals surface area contributed by atoms with Gasteiger partial charge >= 0.3 is 0 Å². The Balaban J connectivity index is 1.85. The highest BCUT2D eigenvalue weighted by molar-refractivity contribution is 6.55. The molecule has 2 aromatic carbocycles. The van der Waals surface area contributed by atoms with Gasteiger partial charge in [-0.25, -0.2) is 0 Å². The standard InChI is InChI=1S/C21H24Cl3NO2/c1-3-16-14-19(26-12-9-20(23)24)13-15(2)21(16)27-11-4-10-25-18-7-5-17(22)6-8-18/h5-9,13-14,25H,3-4,10-12H2,1-2H3. The average molecular weight is 429 g/mol. The molecule has 2 aromatic rings. The number of anilines is 1. The van der Waals surface area contributed by atoms with E-state index in [-0.39, 0.29) is 4.49 Å². The van der Waals surface area contributed by atoms with Gasteiger partial charge in [-0.05, 0) is 73.4 Å². The van der Waals surface area contributed by atoms with E-state index in [0.29, 0.717) is 13.2 Å². The van der Waals surface area contributed by atoms with Gasteiger partial charge in [0.25, 0.3) is 0 Å². The molecule has 0 fully saturated rings. The highest BCUT2D eigenvalue weighted by atomic mass is 35.5. The first kappa shape index (κ1) is 21.7. The van der Waals surface area contributed by atoms with Gasteiger partial charge in [-0.1, -0.05) is 41.7 Å². The number of hydrogen-bond acceptors (Lipinski definition) is 3. The molecule has 2 rings (SSSR count). The molecule has 3 nitrogen and oxygen atoms in total. The third-order valence-corrected chi connectivity index (χ3v) is 4.50. The van der Waals surface area contributed by atoms with Gasteiger partial charge in [0.1, 0.15) is 22.6 Å². The van der Waals surface area contributed by atoms with Crippen molar-refractivity contribution in [2.24, 2.45) is 0 Å². The van der Waals surface area contributed by atoms with Gasteiger partial charge in [0.15, 0.2) is 0 Å². The number of nitrogens with one attached hydrogen (secondary N) is 1. The lowest BCUT2D eigenvalue weighted by molar-refractivity contribution is 0.308. The fraction of sp³-hybridized carbons (Fsp3) is 0.333. The molecule has 0 unspecified atom stereocenters. The maximum Gasteiger partial charge on any atom is 0.125 e. The molecule has 27 heavy (non-hydrogen) atoms. The maximum absolute atomic E-state index is 6.04. The van der Waals surface area contributed by atoms with E-state index in [1.807, 2.05) is 43.3 Å². The van der Waals surface area contributed by atoms with Crippen molar-refractivity contribution in [2.45, 2.75) is 26.7 Å². The van der Waals surface area contributed by atoms with Crippen molar-refractivity contribution in [3.05, 3.63) is 63.1 Å². The van der Waals surface area contributed by atoms with Crippen LogP contribution in [0.3, 0.4) is 0 Å². The zero-order chi connectivity index (χ0) is 19.6. The molecule has 0 radical (unpaired) electrons. The van der Waals surface area contributed by atoms with Crippen LogP contribution in [0.5, 0.6) is 11.5 Å². The molecular weight excluding hydrogens is 405 g/mol. The summed E-state index contributed by atoms with van der Waals surface area (Å²) in [6.45, 7) is 5.93. The number of benzene rings is 2. The molecule has 0 spiro atoms. The summed E-state index contributed by atoms with van der Waals surface area (Å²) in [5.74, 6) is 1.72. The summed E-state index contributed by atoms with van der Waals surface area (Å²) >= 11 is 17.1. The summed E-state index contributed by atoms with van der Waals surface area (Å²) in [5, 5.41) is 4.09. The second kappa shape index (κ2) is 11.3. The van der Waals surface area contributed by atoms with E-state index < -0.39 is 0 Å². The monoisotopic (exact) mass is 427 g/mol. The maximum atomic E-state index is 6.04. The van der Waals surface area contributed by atoms with Crippen molar-refractivity contribution in [2.75, 3.05) is 25.1 Å². The predicted octanol–water partition coefficient (Wildman–Crippen LogP) is 6.79. The fourth-order valence-electron chi connectivity index (χ4n) is 2.61. The second-order valence-corrected chi connectivity index (χ2v) is 7.47. The quantitative estimate of drug-likeness (QED) is 0.423. The summed E-state index contributed by atoms with van der Waals surface area (Å²) in [6.07, 6.45) is 3.37. The molecule has 0 saturated carbocycles. The van der Waals surface area contributed by atoms with Gasteiger partial charge in [0.05, 0.1) is 6.61 Å². The summed E-state index contributed by atoms with van der Waals surface area (Å²) in [4.78, 5) is 0. The van der Waals surface area contributed by atoms with E-state index in [1.165, 1.54) is 0 Å². The van der Waals surface area contributed by atoms with Crippen LogP contribution in [0.1, 0.15) is 24.5 Å². The lowest BCUT2D eigenvalue weighted by Crippen LogP contribution is -2.09. The van der Waals surface area contributed by atoms with Gasteiger partial charge in [-0.2, -0.15) is 0 Å². The Bertz CT molecular complexity index is 757. The van der Waals surface area contributed by atoms with Crippen molar-refractivity contribution in [3.8, 4) is 11.5 Å². The molecule has 0 aliphatic heterocycles. The minimum Gasteiger partial charge on any atom is -0.493 e. The van der Waals surface area contributed by atoms with Crippen LogP contribution in [0.15, 0.2) is 47.0 Å². The molecule has 1 N–H and O–H groups in total. The van der Waals surface area contributed by atoms with E-state index in [9.17, 15) is 0 Å². The molecule has 0 aliphatic rings. The van der Waals surface area contributed by atoms with Crippen molar-refractivity contribution in [3.63, 3.8) is 0 Å². The molecule has 0 aromatic heterocycles. The number of ether oxygens (including phenoxy) is 2. The molecule has 146 valence electrons. The van der Waals surface area contributed by atoms with Gasteiger partial charge < -0.3 is 14.8 Å². The van der Waals surface area contributed by atoms with Crippen LogP contribution in [0.25, 0.3) is 0 Å². The van der Waals surface area contributed by atoms with E-state index in [0.717, 1.165) is 52.7 Å². The van der Waals surface area contributed by atoms with Crippen LogP contribution < -0.4 is 14.8 Å². The van der Waals surface area contributed by atoms with Gasteiger partial charge in [0, 0.05) is 17.3 Å². The van der Waals surface area contributed by atoms with Gasteiger partial charge in [-0.15, -0.1) is 0 Å². The molecule has 0 bridgehead atoms. The van der Waals surface area contributed by atoms with Crippen molar-refractivity contribution < 1.29 is 9.47 Å². The van der Waals surface area contributed by atoms with Crippen LogP contribution in [0.2, 0.25) is 5.02 Å². The Morgan fingerprint density at radius 1 is 1.11 bits per heavy atom. The number of halogens is 3. The largest absolute Gasteiger partial charge is 0.493 e. The van der Waals surface area contributed by atoms with Crippen molar-refractivity contribution in [1.29, 1.82) is 0 Å². The first-order valence-electron chi connectivity index (χ1n) is 8.89. The van der Waals surface area contributed by atoms with E-state index in [2.05, 4.69) is 12.2 Å².